The molecular formula is C21H18N6O5. The lowest BCUT2D eigenvalue weighted by Crippen LogP contribution is -2.30. The molecule has 0 saturated heterocycles. The van der Waals surface area contributed by atoms with Crippen molar-refractivity contribution < 1.29 is 23.9 Å². The molecule has 3 heterocycles. The van der Waals surface area contributed by atoms with E-state index < -0.39 is 5.97 Å². The highest BCUT2D eigenvalue weighted by Gasteiger charge is 2.17. The van der Waals surface area contributed by atoms with Gasteiger partial charge in [-0.25, -0.2) is 9.78 Å². The SMILES string of the molecule is COCc1cc(C(=N)n2nc(OCc3cccc(C(=O)O)n3)c3ccccc3c2=N)no1. The molecule has 0 aliphatic carbocycles. The van der Waals surface area contributed by atoms with E-state index in [4.69, 9.17) is 29.9 Å². The number of hydrogen-bond donors (Lipinski definition) is 3. The summed E-state index contributed by atoms with van der Waals surface area (Å²) in [6.45, 7) is 0.144. The van der Waals surface area contributed by atoms with Crippen LogP contribution in [0.2, 0.25) is 0 Å². The van der Waals surface area contributed by atoms with Crippen molar-refractivity contribution in [3.05, 3.63) is 76.9 Å². The fourth-order valence-corrected chi connectivity index (χ4v) is 3.02. The van der Waals surface area contributed by atoms with Gasteiger partial charge >= 0.3 is 5.97 Å². The van der Waals surface area contributed by atoms with E-state index >= 15 is 0 Å². The first-order valence-corrected chi connectivity index (χ1v) is 9.40. The lowest BCUT2D eigenvalue weighted by molar-refractivity contribution is 0.0690. The van der Waals surface area contributed by atoms with Gasteiger partial charge in [-0.1, -0.05) is 29.4 Å². The first-order valence-electron chi connectivity index (χ1n) is 9.40. The lowest BCUT2D eigenvalue weighted by atomic mass is 10.2. The third kappa shape index (κ3) is 4.09. The number of pyridine rings is 1. The van der Waals surface area contributed by atoms with Crippen LogP contribution in [0.5, 0.6) is 5.88 Å². The summed E-state index contributed by atoms with van der Waals surface area (Å²) in [7, 11) is 1.51. The minimum absolute atomic E-state index is 0.0276. The third-order valence-corrected chi connectivity index (χ3v) is 4.50. The van der Waals surface area contributed by atoms with Crippen molar-refractivity contribution in [2.45, 2.75) is 13.2 Å². The second kappa shape index (κ2) is 8.78. The molecule has 0 aliphatic rings. The number of carbonyl (C=O) groups is 1. The van der Waals surface area contributed by atoms with Crippen LogP contribution in [0.4, 0.5) is 0 Å². The third-order valence-electron chi connectivity index (χ3n) is 4.50. The molecule has 0 amide bonds. The Kier molecular flexibility index (Phi) is 5.73. The van der Waals surface area contributed by atoms with E-state index in [9.17, 15) is 4.79 Å². The summed E-state index contributed by atoms with van der Waals surface area (Å²) in [5.74, 6) is -0.728. The standard InChI is InChI=1S/C21H18N6O5/c1-30-11-13-9-17(26-32-13)19(23)27-18(22)14-6-2-3-7-15(14)20(25-27)31-10-12-5-4-8-16(24-12)21(28)29/h2-9,22-23H,10-11H2,1H3,(H,28,29). The Labute approximate surface area is 180 Å². The summed E-state index contributed by atoms with van der Waals surface area (Å²) in [5, 5.41) is 35.4. The number of nitrogens with one attached hydrogen (secondary N) is 2. The van der Waals surface area contributed by atoms with Crippen molar-refractivity contribution in [3.8, 4) is 5.88 Å². The number of rotatable bonds is 7. The maximum Gasteiger partial charge on any atom is 0.354 e. The van der Waals surface area contributed by atoms with Crippen LogP contribution in [0.25, 0.3) is 10.8 Å². The Balaban J connectivity index is 1.71. The van der Waals surface area contributed by atoms with Crippen molar-refractivity contribution >= 4 is 22.6 Å². The van der Waals surface area contributed by atoms with Crippen LogP contribution in [0.3, 0.4) is 0 Å². The van der Waals surface area contributed by atoms with Gasteiger partial charge < -0.3 is 19.1 Å². The summed E-state index contributed by atoms with van der Waals surface area (Å²) >= 11 is 0. The number of aromatic nitrogens is 4. The van der Waals surface area contributed by atoms with Gasteiger partial charge in [-0.05, 0) is 18.2 Å². The van der Waals surface area contributed by atoms with Crippen LogP contribution >= 0.6 is 0 Å². The number of benzene rings is 1. The first-order chi connectivity index (χ1) is 15.5. The molecule has 0 aliphatic heterocycles. The molecule has 0 spiro atoms. The zero-order valence-electron chi connectivity index (χ0n) is 16.9. The Morgan fingerprint density at radius 1 is 1.12 bits per heavy atom. The Bertz CT molecular complexity index is 1380. The van der Waals surface area contributed by atoms with E-state index in [1.54, 1.807) is 36.4 Å². The van der Waals surface area contributed by atoms with E-state index in [2.05, 4.69) is 15.2 Å². The molecular weight excluding hydrogens is 416 g/mol. The maximum atomic E-state index is 11.2. The van der Waals surface area contributed by atoms with E-state index in [1.807, 2.05) is 0 Å². The smallest absolute Gasteiger partial charge is 0.354 e. The van der Waals surface area contributed by atoms with E-state index in [-0.39, 0.29) is 41.8 Å². The number of methoxy groups -OCH3 is 1. The molecule has 1 aromatic carbocycles. The second-order valence-corrected chi connectivity index (χ2v) is 6.68. The largest absolute Gasteiger partial charge is 0.477 e. The highest BCUT2D eigenvalue weighted by atomic mass is 16.5. The van der Waals surface area contributed by atoms with Gasteiger partial charge in [-0.15, -0.1) is 5.10 Å². The highest BCUT2D eigenvalue weighted by Crippen LogP contribution is 2.21. The predicted molar refractivity (Wildman–Crippen MR) is 111 cm³/mol. The molecule has 0 radical (unpaired) electrons. The molecule has 0 bridgehead atoms. The molecule has 4 rings (SSSR count). The van der Waals surface area contributed by atoms with Crippen LogP contribution in [-0.2, 0) is 18.0 Å². The Hall–Kier alpha value is -4.38. The number of hydrogen-bond acceptors (Lipinski definition) is 9. The molecule has 0 unspecified atom stereocenters. The average Bonchev–Trinajstić information content (AvgIpc) is 3.27. The summed E-state index contributed by atoms with van der Waals surface area (Å²) < 4.78 is 17.1. The van der Waals surface area contributed by atoms with Gasteiger partial charge in [0.15, 0.2) is 22.8 Å². The van der Waals surface area contributed by atoms with Gasteiger partial charge in [0.25, 0.3) is 0 Å². The average molecular weight is 434 g/mol. The van der Waals surface area contributed by atoms with Gasteiger partial charge in [0.1, 0.15) is 18.9 Å². The zero-order chi connectivity index (χ0) is 22.7. The Morgan fingerprint density at radius 3 is 2.66 bits per heavy atom. The molecule has 0 saturated carbocycles. The summed E-state index contributed by atoms with van der Waals surface area (Å²) in [5.41, 5.74) is 0.452. The van der Waals surface area contributed by atoms with E-state index in [1.165, 1.54) is 19.2 Å². The van der Waals surface area contributed by atoms with Crippen molar-refractivity contribution in [3.63, 3.8) is 0 Å². The first kappa shape index (κ1) is 20.9. The summed E-state index contributed by atoms with van der Waals surface area (Å²) in [6.07, 6.45) is 0. The molecule has 11 heteroatoms. The number of carboxylic acid groups (broad SMARTS) is 1. The topological polar surface area (TPSA) is 160 Å². The van der Waals surface area contributed by atoms with Gasteiger partial charge in [0.05, 0.1) is 5.69 Å². The number of nitrogens with zero attached hydrogens (tertiary/aromatic N) is 4. The normalized spacial score (nSPS) is 10.9. The van der Waals surface area contributed by atoms with Gasteiger partial charge in [-0.2, -0.15) is 4.68 Å². The van der Waals surface area contributed by atoms with Crippen LogP contribution in [0, 0.1) is 10.8 Å². The minimum Gasteiger partial charge on any atom is -0.477 e. The molecule has 11 nitrogen and oxygen atoms in total. The van der Waals surface area contributed by atoms with Crippen molar-refractivity contribution in [2.24, 2.45) is 0 Å². The number of carboxylic acids is 1. The minimum atomic E-state index is -1.14. The molecule has 0 atom stereocenters. The molecule has 3 N–H and O–H groups in total. The van der Waals surface area contributed by atoms with Crippen molar-refractivity contribution in [1.29, 1.82) is 10.8 Å². The van der Waals surface area contributed by atoms with Crippen LogP contribution in [0.1, 0.15) is 27.6 Å². The fourth-order valence-electron chi connectivity index (χ4n) is 3.02. The van der Waals surface area contributed by atoms with E-state index in [0.29, 0.717) is 22.2 Å². The van der Waals surface area contributed by atoms with Crippen LogP contribution < -0.4 is 10.2 Å². The van der Waals surface area contributed by atoms with Crippen LogP contribution in [0.15, 0.2) is 53.1 Å². The van der Waals surface area contributed by atoms with Crippen molar-refractivity contribution in [1.82, 2.24) is 19.9 Å². The van der Waals surface area contributed by atoms with Crippen molar-refractivity contribution in [2.75, 3.05) is 7.11 Å². The molecule has 0 fully saturated rings. The molecule has 3 aromatic heterocycles. The molecule has 162 valence electrons. The highest BCUT2D eigenvalue weighted by molar-refractivity contribution is 5.97. The maximum absolute atomic E-state index is 11.2. The van der Waals surface area contributed by atoms with Gasteiger partial charge in [0, 0.05) is 23.9 Å². The predicted octanol–water partition coefficient (Wildman–Crippen LogP) is 2.20. The summed E-state index contributed by atoms with van der Waals surface area (Å²) in [4.78, 5) is 15.2. The number of aromatic carboxylic acids is 1. The Morgan fingerprint density at radius 2 is 1.91 bits per heavy atom. The molecule has 32 heavy (non-hydrogen) atoms. The lowest BCUT2D eigenvalue weighted by Gasteiger charge is -2.12. The quantitative estimate of drug-likeness (QED) is 0.295. The number of fused-ring (bicyclic) bond motifs is 1. The van der Waals surface area contributed by atoms with Gasteiger partial charge in [-0.3, -0.25) is 10.8 Å². The zero-order valence-corrected chi connectivity index (χ0v) is 16.9. The second-order valence-electron chi connectivity index (χ2n) is 6.68. The van der Waals surface area contributed by atoms with Crippen LogP contribution in [-0.4, -0.2) is 43.9 Å². The molecule has 4 aromatic rings. The monoisotopic (exact) mass is 434 g/mol. The summed E-state index contributed by atoms with van der Waals surface area (Å²) in [6, 6.07) is 13.2. The fraction of sp³-hybridized carbons (Fsp3) is 0.143. The van der Waals surface area contributed by atoms with Gasteiger partial charge in [0.2, 0.25) is 5.88 Å². The van der Waals surface area contributed by atoms with E-state index in [0.717, 1.165) is 4.68 Å². The number of ether oxygens (including phenoxy) is 2.